The fourth-order valence-electron chi connectivity index (χ4n) is 3.15. The zero-order chi connectivity index (χ0) is 29.8. The minimum absolute atomic E-state index is 0.0637. The molecule has 0 saturated heterocycles. The van der Waals surface area contributed by atoms with Crippen LogP contribution in [0.4, 0.5) is 15.3 Å². The summed E-state index contributed by atoms with van der Waals surface area (Å²) in [6.07, 6.45) is 0.00777. The Hall–Kier alpha value is -3.24. The van der Waals surface area contributed by atoms with Crippen LogP contribution in [0.5, 0.6) is 0 Å². The minimum Gasteiger partial charge on any atom is -0.443 e. The number of pyridine rings is 1. The number of aromatic nitrogens is 1. The number of anilines is 1. The van der Waals surface area contributed by atoms with Gasteiger partial charge in [-0.05, 0) is 77.9 Å². The van der Waals surface area contributed by atoms with Gasteiger partial charge in [-0.15, -0.1) is 4.99 Å². The third kappa shape index (κ3) is 9.47. The van der Waals surface area contributed by atoms with Gasteiger partial charge in [-0.2, -0.15) is 0 Å². The fourth-order valence-corrected chi connectivity index (χ4v) is 4.10. The van der Waals surface area contributed by atoms with E-state index < -0.39 is 31.7 Å². The van der Waals surface area contributed by atoms with Crippen molar-refractivity contribution in [2.45, 2.75) is 98.3 Å². The van der Waals surface area contributed by atoms with Crippen molar-refractivity contribution < 1.29 is 23.5 Å². The number of benzene rings is 1. The lowest BCUT2D eigenvalue weighted by Crippen LogP contribution is -2.45. The van der Waals surface area contributed by atoms with Crippen molar-refractivity contribution in [1.29, 1.82) is 0 Å². The average Bonchev–Trinajstić information content (AvgIpc) is 2.75. The van der Waals surface area contributed by atoms with Crippen LogP contribution >= 0.6 is 0 Å². The van der Waals surface area contributed by atoms with Crippen LogP contribution in [-0.2, 0) is 20.5 Å². The molecule has 1 aromatic carbocycles. The van der Waals surface area contributed by atoms with Crippen molar-refractivity contribution in [1.82, 2.24) is 4.98 Å². The highest BCUT2D eigenvalue weighted by molar-refractivity contribution is 6.74. The molecule has 2 amide bonds. The van der Waals surface area contributed by atoms with Gasteiger partial charge in [0.25, 0.3) is 0 Å². The topological polar surface area (TPSA) is 116 Å². The van der Waals surface area contributed by atoms with Crippen LogP contribution in [0.25, 0.3) is 11.3 Å². The van der Waals surface area contributed by atoms with Gasteiger partial charge in [0.1, 0.15) is 11.2 Å². The molecular weight excluding hydrogens is 512 g/mol. The standard InChI is InChI=1S/C29H44N4O5Si/c1-27(2,3)37-25(34)32-24(30)33(26(35)38-28(4,5)6)22-16-12-14-20(18-22)23-21(15-13-17-31-23)19-36-39(10,11)29(7,8)9/h12-18H,19H2,1-11H3,(H2,30,32,34). The predicted molar refractivity (Wildman–Crippen MR) is 158 cm³/mol. The second-order valence-electron chi connectivity index (χ2n) is 12.9. The van der Waals surface area contributed by atoms with Gasteiger partial charge in [-0.1, -0.05) is 39.0 Å². The fraction of sp³-hybridized carbons (Fsp3) is 0.517. The third-order valence-corrected chi connectivity index (χ3v) is 10.5. The Bertz CT molecular complexity index is 1210. The zero-order valence-corrected chi connectivity index (χ0v) is 26.2. The Morgan fingerprint density at radius 2 is 1.56 bits per heavy atom. The van der Waals surface area contributed by atoms with E-state index in [0.29, 0.717) is 18.0 Å². The number of hydrogen-bond acceptors (Lipinski definition) is 6. The van der Waals surface area contributed by atoms with Crippen LogP contribution in [0.15, 0.2) is 47.6 Å². The SMILES string of the molecule is CC(C)(C)OC(=O)N=C(N)N(C(=O)OC(C)(C)C)c1cccc(-c2ncccc2CO[Si](C)(C)C(C)(C)C)c1. The van der Waals surface area contributed by atoms with Gasteiger partial charge in [-0.3, -0.25) is 4.98 Å². The Labute approximate surface area is 233 Å². The molecule has 2 N–H and O–H groups in total. The quantitative estimate of drug-likeness (QED) is 0.234. The first-order valence-electron chi connectivity index (χ1n) is 13.0. The van der Waals surface area contributed by atoms with Crippen molar-refractivity contribution in [3.05, 3.63) is 48.2 Å². The molecule has 10 heteroatoms. The number of aliphatic imine (C=N–C) groups is 1. The van der Waals surface area contributed by atoms with Crippen LogP contribution < -0.4 is 10.6 Å². The average molecular weight is 557 g/mol. The number of hydrogen-bond donors (Lipinski definition) is 1. The number of guanidine groups is 1. The van der Waals surface area contributed by atoms with Gasteiger partial charge in [0.05, 0.1) is 18.0 Å². The second kappa shape index (κ2) is 11.9. The van der Waals surface area contributed by atoms with E-state index in [1.165, 1.54) is 0 Å². The number of rotatable bonds is 5. The maximum Gasteiger partial charge on any atom is 0.437 e. The molecule has 0 aliphatic carbocycles. The Morgan fingerprint density at radius 3 is 2.13 bits per heavy atom. The Morgan fingerprint density at radius 1 is 0.949 bits per heavy atom. The van der Waals surface area contributed by atoms with Crippen LogP contribution in [0.1, 0.15) is 67.9 Å². The van der Waals surface area contributed by atoms with Gasteiger partial charge < -0.3 is 19.6 Å². The van der Waals surface area contributed by atoms with E-state index in [-0.39, 0.29) is 11.0 Å². The molecule has 1 aromatic heterocycles. The van der Waals surface area contributed by atoms with Crippen molar-refractivity contribution in [2.24, 2.45) is 10.7 Å². The number of nitrogens with two attached hydrogens (primary N) is 1. The number of carbonyl (C=O) groups excluding carboxylic acids is 2. The molecule has 0 bridgehead atoms. The van der Waals surface area contributed by atoms with Crippen LogP contribution in [0.3, 0.4) is 0 Å². The summed E-state index contributed by atoms with van der Waals surface area (Å²) in [7, 11) is -2.00. The molecule has 9 nitrogen and oxygen atoms in total. The van der Waals surface area contributed by atoms with Crippen LogP contribution in [0, 0.1) is 0 Å². The lowest BCUT2D eigenvalue weighted by Gasteiger charge is -2.36. The maximum absolute atomic E-state index is 13.2. The summed E-state index contributed by atoms with van der Waals surface area (Å²) in [5.74, 6) is -0.377. The van der Waals surface area contributed by atoms with Crippen molar-refractivity contribution in [2.75, 3.05) is 4.90 Å². The van der Waals surface area contributed by atoms with Gasteiger partial charge in [-0.25, -0.2) is 14.5 Å². The largest absolute Gasteiger partial charge is 0.443 e. The van der Waals surface area contributed by atoms with E-state index >= 15 is 0 Å². The summed E-state index contributed by atoms with van der Waals surface area (Å²) in [5.41, 5.74) is 7.32. The summed E-state index contributed by atoms with van der Waals surface area (Å²) in [6, 6.07) is 10.9. The molecule has 0 fully saturated rings. The zero-order valence-electron chi connectivity index (χ0n) is 25.2. The summed E-state index contributed by atoms with van der Waals surface area (Å²) >= 11 is 0. The first kappa shape index (κ1) is 32.0. The first-order valence-corrected chi connectivity index (χ1v) is 15.9. The van der Waals surface area contributed by atoms with Crippen LogP contribution in [-0.4, -0.2) is 42.6 Å². The van der Waals surface area contributed by atoms with Gasteiger partial charge in [0.15, 0.2) is 8.32 Å². The van der Waals surface area contributed by atoms with E-state index in [9.17, 15) is 9.59 Å². The Kier molecular flexibility index (Phi) is 9.73. The molecule has 0 aliphatic rings. The van der Waals surface area contributed by atoms with Gasteiger partial charge in [0, 0.05) is 17.3 Å². The monoisotopic (exact) mass is 556 g/mol. The lowest BCUT2D eigenvalue weighted by atomic mass is 10.1. The summed E-state index contributed by atoms with van der Waals surface area (Å²) in [5, 5.41) is 0.0637. The maximum atomic E-state index is 13.2. The van der Waals surface area contributed by atoms with Gasteiger partial charge in [0.2, 0.25) is 5.96 Å². The number of ether oxygens (including phenoxy) is 2. The highest BCUT2D eigenvalue weighted by Crippen LogP contribution is 2.37. The van der Waals surface area contributed by atoms with E-state index in [2.05, 4.69) is 43.8 Å². The number of carbonyl (C=O) groups is 2. The highest BCUT2D eigenvalue weighted by Gasteiger charge is 2.37. The highest BCUT2D eigenvalue weighted by atomic mass is 28.4. The predicted octanol–water partition coefficient (Wildman–Crippen LogP) is 7.26. The summed E-state index contributed by atoms with van der Waals surface area (Å²) in [6.45, 7) is 21.8. The normalized spacial score (nSPS) is 13.2. The lowest BCUT2D eigenvalue weighted by molar-refractivity contribution is 0.0601. The van der Waals surface area contributed by atoms with Crippen molar-refractivity contribution in [3.8, 4) is 11.3 Å². The smallest absolute Gasteiger partial charge is 0.437 e. The van der Waals surface area contributed by atoms with E-state index in [1.807, 2.05) is 18.2 Å². The Balaban J connectivity index is 2.52. The summed E-state index contributed by atoms with van der Waals surface area (Å²) in [4.78, 5) is 35.1. The minimum atomic E-state index is -2.00. The van der Waals surface area contributed by atoms with E-state index in [0.717, 1.165) is 16.0 Å². The molecule has 0 atom stereocenters. The second-order valence-corrected chi connectivity index (χ2v) is 17.7. The van der Waals surface area contributed by atoms with Crippen LogP contribution in [0.2, 0.25) is 18.1 Å². The molecule has 0 unspecified atom stereocenters. The molecule has 0 saturated carbocycles. The third-order valence-electron chi connectivity index (χ3n) is 6.07. The van der Waals surface area contributed by atoms with E-state index in [4.69, 9.17) is 19.6 Å². The van der Waals surface area contributed by atoms with E-state index in [1.54, 1.807) is 65.9 Å². The number of amides is 2. The summed E-state index contributed by atoms with van der Waals surface area (Å²) < 4.78 is 17.3. The molecule has 0 spiro atoms. The molecule has 0 aliphatic heterocycles. The molecule has 2 aromatic rings. The molecule has 0 radical (unpaired) electrons. The van der Waals surface area contributed by atoms with Gasteiger partial charge >= 0.3 is 12.2 Å². The molecule has 1 heterocycles. The molecule has 2 rings (SSSR count). The molecular formula is C29H44N4O5Si. The molecule has 214 valence electrons. The number of nitrogens with zero attached hydrogens (tertiary/aromatic N) is 3. The molecule has 39 heavy (non-hydrogen) atoms. The van der Waals surface area contributed by atoms with Crippen molar-refractivity contribution >= 4 is 32.2 Å². The van der Waals surface area contributed by atoms with Crippen molar-refractivity contribution in [3.63, 3.8) is 0 Å². The first-order chi connectivity index (χ1) is 17.7.